The minimum Gasteiger partial charge on any atom is -0.454 e. The molecule has 1 aromatic rings. The van der Waals surface area contributed by atoms with Gasteiger partial charge in [-0.2, -0.15) is 0 Å². The van der Waals surface area contributed by atoms with Gasteiger partial charge in [0.1, 0.15) is 0 Å². The average molecular weight is 263 g/mol. The smallest absolute Gasteiger partial charge is 0.231 e. The molecule has 5 heteroatoms. The fourth-order valence-corrected chi connectivity index (χ4v) is 3.47. The van der Waals surface area contributed by atoms with Crippen LogP contribution < -0.4 is 14.8 Å². The van der Waals surface area contributed by atoms with Crippen molar-refractivity contribution in [3.8, 4) is 11.5 Å². The van der Waals surface area contributed by atoms with E-state index in [-0.39, 0.29) is 18.8 Å². The first-order valence-corrected chi connectivity index (χ1v) is 6.74. The van der Waals surface area contributed by atoms with Crippen LogP contribution in [0.4, 0.5) is 0 Å². The first kappa shape index (κ1) is 11.5. The van der Waals surface area contributed by atoms with E-state index in [0.717, 1.165) is 18.0 Å². The van der Waals surface area contributed by atoms with E-state index in [1.54, 1.807) is 0 Å². The number of aliphatic hydroxyl groups is 2. The monoisotopic (exact) mass is 263 g/mol. The molecule has 1 aliphatic carbocycles. The number of ether oxygens (including phenoxy) is 2. The van der Waals surface area contributed by atoms with Crippen molar-refractivity contribution >= 4 is 0 Å². The second kappa shape index (κ2) is 4.10. The summed E-state index contributed by atoms with van der Waals surface area (Å²) in [4.78, 5) is 0. The maximum Gasteiger partial charge on any atom is 0.231 e. The van der Waals surface area contributed by atoms with Crippen molar-refractivity contribution in [2.45, 2.75) is 43.6 Å². The van der Waals surface area contributed by atoms with Crippen molar-refractivity contribution < 1.29 is 19.7 Å². The molecule has 0 bridgehead atoms. The molecule has 4 atom stereocenters. The molecule has 19 heavy (non-hydrogen) atoms. The average Bonchev–Trinajstić information content (AvgIpc) is 2.85. The predicted molar refractivity (Wildman–Crippen MR) is 67.2 cm³/mol. The Balaban J connectivity index is 1.74. The van der Waals surface area contributed by atoms with Gasteiger partial charge in [0.05, 0.1) is 12.2 Å². The van der Waals surface area contributed by atoms with Crippen LogP contribution >= 0.6 is 0 Å². The van der Waals surface area contributed by atoms with Crippen LogP contribution in [0.25, 0.3) is 0 Å². The molecule has 0 spiro atoms. The van der Waals surface area contributed by atoms with Gasteiger partial charge >= 0.3 is 0 Å². The Kier molecular flexibility index (Phi) is 2.48. The van der Waals surface area contributed by atoms with Crippen LogP contribution in [-0.2, 0) is 6.54 Å². The van der Waals surface area contributed by atoms with Crippen LogP contribution in [0, 0.1) is 0 Å². The van der Waals surface area contributed by atoms with E-state index >= 15 is 0 Å². The van der Waals surface area contributed by atoms with Crippen molar-refractivity contribution in [3.05, 3.63) is 23.3 Å². The largest absolute Gasteiger partial charge is 0.454 e. The Labute approximate surface area is 111 Å². The molecule has 2 heterocycles. The number of nitrogens with one attached hydrogen (secondary N) is 1. The van der Waals surface area contributed by atoms with Crippen LogP contribution in [0.15, 0.2) is 12.1 Å². The Morgan fingerprint density at radius 1 is 1.05 bits per heavy atom. The molecule has 5 nitrogen and oxygen atoms in total. The van der Waals surface area contributed by atoms with Crippen LogP contribution in [0.5, 0.6) is 11.5 Å². The van der Waals surface area contributed by atoms with E-state index in [2.05, 4.69) is 5.32 Å². The highest BCUT2D eigenvalue weighted by molar-refractivity contribution is 5.51. The highest BCUT2D eigenvalue weighted by Crippen LogP contribution is 2.43. The van der Waals surface area contributed by atoms with Gasteiger partial charge in [-0.3, -0.25) is 0 Å². The molecule has 0 radical (unpaired) electrons. The quantitative estimate of drug-likeness (QED) is 0.635. The van der Waals surface area contributed by atoms with Gasteiger partial charge in [-0.25, -0.2) is 0 Å². The molecule has 1 saturated carbocycles. The summed E-state index contributed by atoms with van der Waals surface area (Å²) >= 11 is 0. The predicted octanol–water partition coefficient (Wildman–Crippen LogP) is 0.486. The molecular formula is C14H17NO4. The van der Waals surface area contributed by atoms with Gasteiger partial charge < -0.3 is 25.0 Å². The van der Waals surface area contributed by atoms with Crippen molar-refractivity contribution in [2.24, 2.45) is 0 Å². The van der Waals surface area contributed by atoms with E-state index < -0.39 is 12.2 Å². The van der Waals surface area contributed by atoms with Gasteiger partial charge in [0.2, 0.25) is 6.79 Å². The zero-order valence-electron chi connectivity index (χ0n) is 10.5. The third kappa shape index (κ3) is 1.73. The fraction of sp³-hybridized carbons (Fsp3) is 0.571. The molecule has 0 aromatic heterocycles. The van der Waals surface area contributed by atoms with Crippen molar-refractivity contribution in [1.82, 2.24) is 5.32 Å². The number of aliphatic hydroxyl groups excluding tert-OH is 2. The summed E-state index contributed by atoms with van der Waals surface area (Å²) in [6.45, 7) is 1.05. The first-order chi connectivity index (χ1) is 9.22. The topological polar surface area (TPSA) is 71.0 Å². The zero-order valence-corrected chi connectivity index (χ0v) is 10.5. The molecule has 102 valence electrons. The molecule has 3 aliphatic rings. The van der Waals surface area contributed by atoms with Gasteiger partial charge in [0.25, 0.3) is 0 Å². The lowest BCUT2D eigenvalue weighted by Crippen LogP contribution is -2.49. The standard InChI is InChI=1S/C14H17NO4/c16-11-2-9-8-3-14-13(18-6-19-14)1-7(8)5-15-10(9)4-12(11)17/h1,3,9-12,15-17H,2,4-6H2/t9-,10-,11+,12-/m0/s1. The Hall–Kier alpha value is -1.30. The van der Waals surface area contributed by atoms with Gasteiger partial charge in [0, 0.05) is 18.5 Å². The van der Waals surface area contributed by atoms with E-state index in [0.29, 0.717) is 12.8 Å². The number of benzene rings is 1. The summed E-state index contributed by atoms with van der Waals surface area (Å²) in [5.74, 6) is 1.83. The first-order valence-electron chi connectivity index (χ1n) is 6.74. The molecule has 1 aromatic carbocycles. The number of fused-ring (bicyclic) bond motifs is 4. The third-order valence-electron chi connectivity index (χ3n) is 4.51. The highest BCUT2D eigenvalue weighted by Gasteiger charge is 2.39. The summed E-state index contributed by atoms with van der Waals surface area (Å²) in [6, 6.07) is 4.30. The molecule has 0 saturated heterocycles. The summed E-state index contributed by atoms with van der Waals surface area (Å²) in [5.41, 5.74) is 2.42. The van der Waals surface area contributed by atoms with E-state index in [1.165, 1.54) is 11.1 Å². The highest BCUT2D eigenvalue weighted by atomic mass is 16.7. The lowest BCUT2D eigenvalue weighted by molar-refractivity contribution is -0.0273. The maximum atomic E-state index is 9.90. The maximum absolute atomic E-state index is 9.90. The minimum absolute atomic E-state index is 0.228. The van der Waals surface area contributed by atoms with Gasteiger partial charge in [-0.1, -0.05) is 0 Å². The number of hydrogen-bond donors (Lipinski definition) is 3. The van der Waals surface area contributed by atoms with Crippen molar-refractivity contribution in [2.75, 3.05) is 6.79 Å². The summed E-state index contributed by atoms with van der Waals surface area (Å²) in [7, 11) is 0. The SMILES string of the molecule is O[C@@H]1C[C@H]2c3cc4c(cc3CN[C@H]2C[C@@H]1O)OCO4. The van der Waals surface area contributed by atoms with E-state index in [1.807, 2.05) is 12.1 Å². The lowest BCUT2D eigenvalue weighted by Gasteiger charge is -2.41. The number of rotatable bonds is 0. The zero-order chi connectivity index (χ0) is 13.0. The second-order valence-electron chi connectivity index (χ2n) is 5.60. The molecule has 0 unspecified atom stereocenters. The van der Waals surface area contributed by atoms with E-state index in [9.17, 15) is 10.2 Å². The molecular weight excluding hydrogens is 246 g/mol. The molecule has 4 rings (SSSR count). The molecule has 2 aliphatic heterocycles. The van der Waals surface area contributed by atoms with Crippen LogP contribution in [-0.4, -0.2) is 35.3 Å². The number of hydrogen-bond acceptors (Lipinski definition) is 5. The van der Waals surface area contributed by atoms with Gasteiger partial charge in [-0.05, 0) is 36.1 Å². The molecule has 1 fully saturated rings. The normalized spacial score (nSPS) is 35.7. The van der Waals surface area contributed by atoms with Crippen molar-refractivity contribution in [3.63, 3.8) is 0 Å². The lowest BCUT2D eigenvalue weighted by atomic mass is 9.74. The van der Waals surface area contributed by atoms with E-state index in [4.69, 9.17) is 9.47 Å². The Morgan fingerprint density at radius 2 is 1.79 bits per heavy atom. The van der Waals surface area contributed by atoms with Gasteiger partial charge in [0.15, 0.2) is 11.5 Å². The fourth-order valence-electron chi connectivity index (χ4n) is 3.47. The summed E-state index contributed by atoms with van der Waals surface area (Å²) in [6.07, 6.45) is -0.0747. The Morgan fingerprint density at radius 3 is 2.63 bits per heavy atom. The molecule has 3 N–H and O–H groups in total. The molecule has 0 amide bonds. The summed E-state index contributed by atoms with van der Waals surface area (Å²) in [5, 5.41) is 23.1. The van der Waals surface area contributed by atoms with Crippen LogP contribution in [0.3, 0.4) is 0 Å². The van der Waals surface area contributed by atoms with Gasteiger partial charge in [-0.15, -0.1) is 0 Å². The Bertz CT molecular complexity index is 518. The van der Waals surface area contributed by atoms with Crippen LogP contribution in [0.1, 0.15) is 29.9 Å². The van der Waals surface area contributed by atoms with Crippen LogP contribution in [0.2, 0.25) is 0 Å². The second-order valence-corrected chi connectivity index (χ2v) is 5.60. The third-order valence-corrected chi connectivity index (χ3v) is 4.51. The minimum atomic E-state index is -0.639. The van der Waals surface area contributed by atoms with Crippen molar-refractivity contribution in [1.29, 1.82) is 0 Å². The summed E-state index contributed by atoms with van der Waals surface area (Å²) < 4.78 is 10.8.